The Morgan fingerprint density at radius 3 is 2.82 bits per heavy atom. The number of thiazole rings is 1. The molecule has 2 amide bonds. The predicted molar refractivity (Wildman–Crippen MR) is 104 cm³/mol. The summed E-state index contributed by atoms with van der Waals surface area (Å²) in [6, 6.07) is 8.07. The molecule has 3 rings (SSSR count). The highest BCUT2D eigenvalue weighted by Crippen LogP contribution is 2.19. The molecule has 28 heavy (non-hydrogen) atoms. The van der Waals surface area contributed by atoms with E-state index in [0.717, 1.165) is 5.39 Å². The maximum absolute atomic E-state index is 12.3. The summed E-state index contributed by atoms with van der Waals surface area (Å²) in [6.45, 7) is 3.59. The van der Waals surface area contributed by atoms with Gasteiger partial charge in [0.1, 0.15) is 11.6 Å². The Hall–Kier alpha value is -3.20. The summed E-state index contributed by atoms with van der Waals surface area (Å²) in [5.41, 5.74) is 1.11. The molecule has 2 aromatic heterocycles. The van der Waals surface area contributed by atoms with E-state index >= 15 is 0 Å². The molecule has 9 heteroatoms. The van der Waals surface area contributed by atoms with Gasteiger partial charge in [-0.2, -0.15) is 0 Å². The van der Waals surface area contributed by atoms with E-state index in [1.807, 2.05) is 18.2 Å². The van der Waals surface area contributed by atoms with Gasteiger partial charge in [0, 0.05) is 10.8 Å². The zero-order chi connectivity index (χ0) is 20.1. The standard InChI is InChI=1S/C19H19N3O5S/c1-3-26-16(23)9-13-10-28-19(21-13)22-17(24)11(2)20-18(25)15-8-12-6-4-5-7-14(12)27-15/h4-8,10-11H,3,9H2,1-2H3,(H,20,25)(H,21,22,24)/t11-/m1/s1. The summed E-state index contributed by atoms with van der Waals surface area (Å²) in [5.74, 6) is -1.16. The van der Waals surface area contributed by atoms with Gasteiger partial charge in [-0.3, -0.25) is 14.4 Å². The van der Waals surface area contributed by atoms with Crippen LogP contribution < -0.4 is 10.6 Å². The molecule has 0 bridgehead atoms. The fourth-order valence-electron chi connectivity index (χ4n) is 2.45. The second-order valence-electron chi connectivity index (χ2n) is 5.96. The predicted octanol–water partition coefficient (Wildman–Crippen LogP) is 2.75. The summed E-state index contributed by atoms with van der Waals surface area (Å²) < 4.78 is 10.4. The summed E-state index contributed by atoms with van der Waals surface area (Å²) in [7, 11) is 0. The number of anilines is 1. The molecule has 0 unspecified atom stereocenters. The monoisotopic (exact) mass is 401 g/mol. The van der Waals surface area contributed by atoms with Gasteiger partial charge in [0.05, 0.1) is 18.7 Å². The first-order valence-corrected chi connectivity index (χ1v) is 9.54. The summed E-state index contributed by atoms with van der Waals surface area (Å²) in [5, 5.41) is 8.03. The normalized spacial score (nSPS) is 11.8. The highest BCUT2D eigenvalue weighted by Gasteiger charge is 2.20. The fourth-order valence-corrected chi connectivity index (χ4v) is 3.16. The van der Waals surface area contributed by atoms with E-state index in [1.54, 1.807) is 31.4 Å². The Balaban J connectivity index is 1.56. The third-order valence-electron chi connectivity index (χ3n) is 3.80. The molecule has 2 heterocycles. The quantitative estimate of drug-likeness (QED) is 0.589. The highest BCUT2D eigenvalue weighted by molar-refractivity contribution is 7.13. The Morgan fingerprint density at radius 1 is 1.29 bits per heavy atom. The van der Waals surface area contributed by atoms with Crippen LogP contribution in [0.15, 0.2) is 40.1 Å². The maximum atomic E-state index is 12.3. The molecule has 1 aromatic carbocycles. The summed E-state index contributed by atoms with van der Waals surface area (Å²) in [6.07, 6.45) is 0.0402. The van der Waals surface area contributed by atoms with Crippen LogP contribution in [0, 0.1) is 0 Å². The number of nitrogens with one attached hydrogen (secondary N) is 2. The van der Waals surface area contributed by atoms with Crippen molar-refractivity contribution in [1.29, 1.82) is 0 Å². The first kappa shape index (κ1) is 19.6. The maximum Gasteiger partial charge on any atom is 0.311 e. The first-order valence-electron chi connectivity index (χ1n) is 8.66. The molecular weight excluding hydrogens is 382 g/mol. The van der Waals surface area contributed by atoms with Crippen molar-refractivity contribution in [2.24, 2.45) is 0 Å². The lowest BCUT2D eigenvalue weighted by atomic mass is 10.2. The molecule has 0 saturated carbocycles. The number of carbonyl (C=O) groups is 3. The number of aromatic nitrogens is 1. The van der Waals surface area contributed by atoms with Gasteiger partial charge in [-0.05, 0) is 26.0 Å². The van der Waals surface area contributed by atoms with E-state index in [0.29, 0.717) is 23.0 Å². The Kier molecular flexibility index (Phi) is 6.05. The molecule has 8 nitrogen and oxygen atoms in total. The van der Waals surface area contributed by atoms with E-state index in [2.05, 4.69) is 15.6 Å². The second kappa shape index (κ2) is 8.66. The largest absolute Gasteiger partial charge is 0.466 e. The van der Waals surface area contributed by atoms with Crippen LogP contribution in [0.25, 0.3) is 11.0 Å². The molecule has 0 radical (unpaired) electrons. The molecule has 0 aliphatic heterocycles. The third-order valence-corrected chi connectivity index (χ3v) is 4.61. The molecule has 146 valence electrons. The Labute approximate surface area is 164 Å². The number of amides is 2. The highest BCUT2D eigenvalue weighted by atomic mass is 32.1. The Bertz CT molecular complexity index is 977. The van der Waals surface area contributed by atoms with Gasteiger partial charge in [0.2, 0.25) is 5.91 Å². The average molecular weight is 401 g/mol. The fraction of sp³-hybridized carbons (Fsp3) is 0.263. The van der Waals surface area contributed by atoms with Crippen molar-refractivity contribution in [3.8, 4) is 0 Å². The molecule has 0 aliphatic carbocycles. The molecule has 0 aliphatic rings. The minimum Gasteiger partial charge on any atom is -0.466 e. The lowest BCUT2D eigenvalue weighted by molar-refractivity contribution is -0.142. The summed E-state index contributed by atoms with van der Waals surface area (Å²) in [4.78, 5) is 40.3. The first-order chi connectivity index (χ1) is 13.5. The zero-order valence-electron chi connectivity index (χ0n) is 15.4. The van der Waals surface area contributed by atoms with E-state index < -0.39 is 17.9 Å². The number of esters is 1. The molecule has 3 aromatic rings. The van der Waals surface area contributed by atoms with E-state index in [9.17, 15) is 14.4 Å². The minimum atomic E-state index is -0.807. The number of hydrogen-bond acceptors (Lipinski definition) is 7. The van der Waals surface area contributed by atoms with Crippen LogP contribution in [-0.4, -0.2) is 35.4 Å². The number of para-hydroxylation sites is 1. The van der Waals surface area contributed by atoms with Crippen LogP contribution >= 0.6 is 11.3 Å². The number of fused-ring (bicyclic) bond motifs is 1. The van der Waals surface area contributed by atoms with Gasteiger partial charge < -0.3 is 19.8 Å². The number of rotatable bonds is 7. The Morgan fingerprint density at radius 2 is 2.07 bits per heavy atom. The van der Waals surface area contributed by atoms with Crippen LogP contribution in [0.5, 0.6) is 0 Å². The van der Waals surface area contributed by atoms with Crippen LogP contribution in [0.4, 0.5) is 5.13 Å². The molecular formula is C19H19N3O5S. The van der Waals surface area contributed by atoms with Crippen molar-refractivity contribution < 1.29 is 23.5 Å². The lowest BCUT2D eigenvalue weighted by Gasteiger charge is -2.11. The second-order valence-corrected chi connectivity index (χ2v) is 6.82. The van der Waals surface area contributed by atoms with Crippen LogP contribution in [0.2, 0.25) is 0 Å². The van der Waals surface area contributed by atoms with Crippen molar-refractivity contribution in [3.63, 3.8) is 0 Å². The van der Waals surface area contributed by atoms with Crippen LogP contribution in [0.1, 0.15) is 30.1 Å². The van der Waals surface area contributed by atoms with E-state index in [-0.39, 0.29) is 18.2 Å². The van der Waals surface area contributed by atoms with Gasteiger partial charge in [-0.1, -0.05) is 18.2 Å². The van der Waals surface area contributed by atoms with Gasteiger partial charge >= 0.3 is 5.97 Å². The van der Waals surface area contributed by atoms with Crippen LogP contribution in [-0.2, 0) is 20.7 Å². The lowest BCUT2D eigenvalue weighted by Crippen LogP contribution is -2.41. The van der Waals surface area contributed by atoms with Crippen molar-refractivity contribution in [1.82, 2.24) is 10.3 Å². The van der Waals surface area contributed by atoms with Crippen molar-refractivity contribution in [2.45, 2.75) is 26.3 Å². The SMILES string of the molecule is CCOC(=O)Cc1csc(NC(=O)[C@@H](C)NC(=O)c2cc3ccccc3o2)n1. The number of furan rings is 1. The van der Waals surface area contributed by atoms with Crippen molar-refractivity contribution in [2.75, 3.05) is 11.9 Å². The molecule has 0 spiro atoms. The van der Waals surface area contributed by atoms with Crippen molar-refractivity contribution >= 4 is 45.2 Å². The topological polar surface area (TPSA) is 111 Å². The van der Waals surface area contributed by atoms with Gasteiger partial charge in [0.25, 0.3) is 5.91 Å². The van der Waals surface area contributed by atoms with Gasteiger partial charge in [0.15, 0.2) is 10.9 Å². The number of benzene rings is 1. The number of hydrogen-bond donors (Lipinski definition) is 2. The number of nitrogens with zero attached hydrogens (tertiary/aromatic N) is 1. The average Bonchev–Trinajstić information content (AvgIpc) is 3.28. The molecule has 2 N–H and O–H groups in total. The minimum absolute atomic E-state index is 0.0402. The summed E-state index contributed by atoms with van der Waals surface area (Å²) >= 11 is 1.19. The number of ether oxygens (including phenoxy) is 1. The smallest absolute Gasteiger partial charge is 0.311 e. The van der Waals surface area contributed by atoms with E-state index in [4.69, 9.17) is 9.15 Å². The van der Waals surface area contributed by atoms with Gasteiger partial charge in [-0.25, -0.2) is 4.98 Å². The molecule has 1 atom stereocenters. The van der Waals surface area contributed by atoms with E-state index in [1.165, 1.54) is 11.3 Å². The van der Waals surface area contributed by atoms with Crippen LogP contribution in [0.3, 0.4) is 0 Å². The zero-order valence-corrected chi connectivity index (χ0v) is 16.2. The third kappa shape index (κ3) is 4.74. The van der Waals surface area contributed by atoms with Crippen molar-refractivity contribution in [3.05, 3.63) is 47.2 Å². The molecule has 0 saturated heterocycles. The van der Waals surface area contributed by atoms with Gasteiger partial charge in [-0.15, -0.1) is 11.3 Å². The number of carbonyl (C=O) groups excluding carboxylic acids is 3. The molecule has 0 fully saturated rings.